The van der Waals surface area contributed by atoms with Gasteiger partial charge >= 0.3 is 0 Å². The van der Waals surface area contributed by atoms with Crippen molar-refractivity contribution in [2.45, 2.75) is 5.22 Å². The molecule has 1 heterocycles. The van der Waals surface area contributed by atoms with Gasteiger partial charge in [0.2, 0.25) is 0 Å². The fourth-order valence-electron chi connectivity index (χ4n) is 0.982. The average Bonchev–Trinajstić information content (AvgIpc) is 2.49. The molecular formula is C8H6FNOS. The maximum absolute atomic E-state index is 13.0. The van der Waals surface area contributed by atoms with Crippen molar-refractivity contribution < 1.29 is 8.81 Å². The number of benzene rings is 1. The predicted octanol–water partition coefficient (Wildman–Crippen LogP) is 2.69. The van der Waals surface area contributed by atoms with Crippen molar-refractivity contribution in [3.05, 3.63) is 24.0 Å². The van der Waals surface area contributed by atoms with Crippen LogP contribution in [-0.4, -0.2) is 11.2 Å². The quantitative estimate of drug-likeness (QED) is 0.636. The summed E-state index contributed by atoms with van der Waals surface area (Å²) >= 11 is 1.36. The SMILES string of the molecule is CSc1nc2cccc(F)c2o1. The summed E-state index contributed by atoms with van der Waals surface area (Å²) in [4.78, 5) is 4.05. The molecule has 2 rings (SSSR count). The van der Waals surface area contributed by atoms with E-state index in [0.717, 1.165) is 0 Å². The fourth-order valence-corrected chi connectivity index (χ4v) is 1.34. The second kappa shape index (κ2) is 2.79. The summed E-state index contributed by atoms with van der Waals surface area (Å²) in [5.41, 5.74) is 0.807. The molecule has 0 amide bonds. The van der Waals surface area contributed by atoms with Crippen LogP contribution < -0.4 is 0 Å². The monoisotopic (exact) mass is 183 g/mol. The van der Waals surface area contributed by atoms with Crippen LogP contribution in [0, 0.1) is 5.82 Å². The molecule has 1 aromatic heterocycles. The van der Waals surface area contributed by atoms with E-state index in [2.05, 4.69) is 4.98 Å². The Kier molecular flexibility index (Phi) is 1.77. The summed E-state index contributed by atoms with van der Waals surface area (Å²) in [6.45, 7) is 0. The summed E-state index contributed by atoms with van der Waals surface area (Å²) in [6.07, 6.45) is 1.84. The largest absolute Gasteiger partial charge is 0.428 e. The maximum Gasteiger partial charge on any atom is 0.256 e. The van der Waals surface area contributed by atoms with Gasteiger partial charge < -0.3 is 4.42 Å². The Hall–Kier alpha value is -1.03. The lowest BCUT2D eigenvalue weighted by atomic mass is 10.3. The average molecular weight is 183 g/mol. The van der Waals surface area contributed by atoms with Crippen LogP contribution in [0.1, 0.15) is 0 Å². The Labute approximate surface area is 72.8 Å². The van der Waals surface area contributed by atoms with Crippen molar-refractivity contribution >= 4 is 22.9 Å². The van der Waals surface area contributed by atoms with Crippen molar-refractivity contribution in [1.29, 1.82) is 0 Å². The van der Waals surface area contributed by atoms with Crippen LogP contribution in [0.4, 0.5) is 4.39 Å². The van der Waals surface area contributed by atoms with Crippen LogP contribution in [-0.2, 0) is 0 Å². The summed E-state index contributed by atoms with van der Waals surface area (Å²) in [7, 11) is 0. The Morgan fingerprint density at radius 2 is 2.33 bits per heavy atom. The third-order valence-electron chi connectivity index (χ3n) is 1.52. The highest BCUT2D eigenvalue weighted by atomic mass is 32.2. The lowest BCUT2D eigenvalue weighted by Crippen LogP contribution is -1.72. The molecule has 2 aromatic rings. The van der Waals surface area contributed by atoms with Crippen LogP contribution in [0.15, 0.2) is 27.8 Å². The second-order valence-corrected chi connectivity index (χ2v) is 3.03. The number of oxazole rings is 1. The molecule has 2 nitrogen and oxygen atoms in total. The van der Waals surface area contributed by atoms with Crippen LogP contribution in [0.5, 0.6) is 0 Å². The molecule has 12 heavy (non-hydrogen) atoms. The van der Waals surface area contributed by atoms with Gasteiger partial charge in [0.15, 0.2) is 11.4 Å². The van der Waals surface area contributed by atoms with Gasteiger partial charge in [-0.05, 0) is 18.4 Å². The van der Waals surface area contributed by atoms with E-state index in [1.54, 1.807) is 12.1 Å². The van der Waals surface area contributed by atoms with E-state index in [1.165, 1.54) is 17.8 Å². The van der Waals surface area contributed by atoms with E-state index in [1.807, 2.05) is 6.26 Å². The van der Waals surface area contributed by atoms with Crippen molar-refractivity contribution in [2.75, 3.05) is 6.26 Å². The number of aromatic nitrogens is 1. The van der Waals surface area contributed by atoms with E-state index in [9.17, 15) is 4.39 Å². The fraction of sp³-hybridized carbons (Fsp3) is 0.125. The van der Waals surface area contributed by atoms with Crippen LogP contribution in [0.25, 0.3) is 11.1 Å². The normalized spacial score (nSPS) is 10.8. The number of halogens is 1. The van der Waals surface area contributed by atoms with Crippen molar-refractivity contribution in [3.63, 3.8) is 0 Å². The van der Waals surface area contributed by atoms with Crippen molar-refractivity contribution in [2.24, 2.45) is 0 Å². The smallest absolute Gasteiger partial charge is 0.256 e. The topological polar surface area (TPSA) is 26.0 Å². The number of nitrogens with zero attached hydrogens (tertiary/aromatic N) is 1. The summed E-state index contributed by atoms with van der Waals surface area (Å²) in [5, 5.41) is 0.495. The summed E-state index contributed by atoms with van der Waals surface area (Å²) in [5.74, 6) is -0.361. The van der Waals surface area contributed by atoms with Gasteiger partial charge in [-0.2, -0.15) is 0 Å². The predicted molar refractivity (Wildman–Crippen MR) is 45.7 cm³/mol. The highest BCUT2D eigenvalue weighted by Crippen LogP contribution is 2.23. The van der Waals surface area contributed by atoms with Crippen molar-refractivity contribution in [3.8, 4) is 0 Å². The van der Waals surface area contributed by atoms with Crippen LogP contribution in [0.3, 0.4) is 0 Å². The molecule has 0 atom stereocenters. The first-order valence-electron chi connectivity index (χ1n) is 3.40. The third-order valence-corrected chi connectivity index (χ3v) is 2.05. The Morgan fingerprint density at radius 3 is 3.00 bits per heavy atom. The zero-order valence-electron chi connectivity index (χ0n) is 6.37. The minimum absolute atomic E-state index is 0.238. The maximum atomic E-state index is 13.0. The molecule has 0 fully saturated rings. The molecule has 0 aliphatic carbocycles. The van der Waals surface area contributed by atoms with Gasteiger partial charge in [-0.15, -0.1) is 0 Å². The molecule has 0 N–H and O–H groups in total. The van der Waals surface area contributed by atoms with Gasteiger partial charge in [-0.1, -0.05) is 17.8 Å². The minimum Gasteiger partial charge on any atom is -0.428 e. The van der Waals surface area contributed by atoms with E-state index >= 15 is 0 Å². The summed E-state index contributed by atoms with van der Waals surface area (Å²) < 4.78 is 18.1. The standard InChI is InChI=1S/C8H6FNOS/c1-12-8-10-6-4-2-3-5(9)7(6)11-8/h2-4H,1H3. The van der Waals surface area contributed by atoms with E-state index < -0.39 is 0 Å². The molecule has 0 aliphatic heterocycles. The number of hydrogen-bond acceptors (Lipinski definition) is 3. The lowest BCUT2D eigenvalue weighted by molar-refractivity contribution is 0.471. The molecule has 1 aromatic carbocycles. The zero-order valence-corrected chi connectivity index (χ0v) is 7.19. The Morgan fingerprint density at radius 1 is 1.50 bits per heavy atom. The third kappa shape index (κ3) is 1.08. The molecule has 0 unspecified atom stereocenters. The molecule has 62 valence electrons. The lowest BCUT2D eigenvalue weighted by Gasteiger charge is -1.85. The van der Waals surface area contributed by atoms with Gasteiger partial charge in [0.05, 0.1) is 0 Å². The highest BCUT2D eigenvalue weighted by molar-refractivity contribution is 7.98. The number of hydrogen-bond donors (Lipinski definition) is 0. The number of para-hydroxylation sites is 1. The molecule has 0 radical (unpaired) electrons. The molecular weight excluding hydrogens is 177 g/mol. The molecule has 0 bridgehead atoms. The van der Waals surface area contributed by atoms with Gasteiger partial charge in [-0.3, -0.25) is 0 Å². The Balaban J connectivity index is 2.74. The first-order chi connectivity index (χ1) is 5.81. The number of rotatable bonds is 1. The summed E-state index contributed by atoms with van der Waals surface area (Å²) in [6, 6.07) is 4.70. The first-order valence-corrected chi connectivity index (χ1v) is 4.63. The molecule has 4 heteroatoms. The van der Waals surface area contributed by atoms with Gasteiger partial charge in [0.1, 0.15) is 5.52 Å². The molecule has 0 saturated carbocycles. The zero-order chi connectivity index (χ0) is 8.55. The highest BCUT2D eigenvalue weighted by Gasteiger charge is 2.07. The number of fused-ring (bicyclic) bond motifs is 1. The van der Waals surface area contributed by atoms with E-state index in [0.29, 0.717) is 10.7 Å². The van der Waals surface area contributed by atoms with Gasteiger partial charge in [0, 0.05) is 0 Å². The minimum atomic E-state index is -0.361. The number of thioether (sulfide) groups is 1. The molecule has 0 saturated heterocycles. The molecule has 0 aliphatic rings. The van der Waals surface area contributed by atoms with E-state index in [4.69, 9.17) is 4.42 Å². The van der Waals surface area contributed by atoms with Crippen LogP contribution >= 0.6 is 11.8 Å². The van der Waals surface area contributed by atoms with Gasteiger partial charge in [-0.25, -0.2) is 9.37 Å². The van der Waals surface area contributed by atoms with Crippen molar-refractivity contribution in [1.82, 2.24) is 4.98 Å². The Bertz CT molecular complexity index is 412. The molecule has 0 spiro atoms. The van der Waals surface area contributed by atoms with Crippen LogP contribution in [0.2, 0.25) is 0 Å². The second-order valence-electron chi connectivity index (χ2n) is 2.27. The van der Waals surface area contributed by atoms with Gasteiger partial charge in [0.25, 0.3) is 5.22 Å². The first kappa shape index (κ1) is 7.61. The van der Waals surface area contributed by atoms with E-state index in [-0.39, 0.29) is 11.4 Å².